The monoisotopic (exact) mass is 389 g/mol. The van der Waals surface area contributed by atoms with Gasteiger partial charge in [0.05, 0.1) is 18.8 Å². The molecular weight excluding hydrogens is 366 g/mol. The Hall–Kier alpha value is -3.28. The number of carbonyl (C=O) groups excluding carboxylic acids is 1. The minimum Gasteiger partial charge on any atom is -0.486 e. The summed E-state index contributed by atoms with van der Waals surface area (Å²) in [6, 6.07) is 15.6. The zero-order chi connectivity index (χ0) is 19.6. The molecule has 1 aliphatic carbocycles. The Morgan fingerprint density at radius 3 is 2.79 bits per heavy atom. The van der Waals surface area contributed by atoms with Crippen LogP contribution in [0.3, 0.4) is 0 Å². The number of hydrogen-bond acceptors (Lipinski definition) is 4. The number of fused-ring (bicyclic) bond motifs is 2. The number of benzene rings is 2. The number of amides is 1. The van der Waals surface area contributed by atoms with Crippen LogP contribution >= 0.6 is 0 Å². The molecule has 1 amide bonds. The van der Waals surface area contributed by atoms with Crippen LogP contribution < -0.4 is 14.8 Å². The van der Waals surface area contributed by atoms with Crippen LogP contribution in [0.1, 0.15) is 46.1 Å². The van der Waals surface area contributed by atoms with Crippen molar-refractivity contribution in [1.82, 2.24) is 15.1 Å². The fraction of sp³-hybridized carbons (Fsp3) is 0.304. The molecule has 1 aliphatic heterocycles. The molecule has 29 heavy (non-hydrogen) atoms. The predicted octanol–water partition coefficient (Wildman–Crippen LogP) is 3.51. The number of hydrogen-bond donors (Lipinski definition) is 1. The summed E-state index contributed by atoms with van der Waals surface area (Å²) < 4.78 is 13.2. The molecule has 1 N–H and O–H groups in total. The fourth-order valence-electron chi connectivity index (χ4n) is 4.09. The molecule has 2 heterocycles. The van der Waals surface area contributed by atoms with Gasteiger partial charge in [-0.15, -0.1) is 0 Å². The fourth-order valence-corrected chi connectivity index (χ4v) is 4.09. The van der Waals surface area contributed by atoms with E-state index in [2.05, 4.69) is 27.2 Å². The number of carbonyl (C=O) groups is 1. The van der Waals surface area contributed by atoms with E-state index in [4.69, 9.17) is 9.47 Å². The highest BCUT2D eigenvalue weighted by Gasteiger charge is 2.26. The Kier molecular flexibility index (Phi) is 4.68. The number of nitrogens with one attached hydrogen (secondary N) is 1. The molecule has 0 fully saturated rings. The van der Waals surface area contributed by atoms with Crippen molar-refractivity contribution in [2.75, 3.05) is 13.2 Å². The molecule has 148 valence electrons. The minimum absolute atomic E-state index is 0.0241. The van der Waals surface area contributed by atoms with Gasteiger partial charge in [0.2, 0.25) is 0 Å². The molecule has 6 nitrogen and oxygen atoms in total. The number of ether oxygens (including phenoxy) is 2. The summed E-state index contributed by atoms with van der Waals surface area (Å²) in [5, 5.41) is 7.80. The van der Waals surface area contributed by atoms with Gasteiger partial charge in [-0.05, 0) is 43.0 Å². The molecule has 5 rings (SSSR count). The van der Waals surface area contributed by atoms with Gasteiger partial charge in [-0.3, -0.25) is 9.48 Å². The molecule has 0 saturated heterocycles. The summed E-state index contributed by atoms with van der Waals surface area (Å²) in [6.45, 7) is 1.79. The van der Waals surface area contributed by atoms with Crippen molar-refractivity contribution in [1.29, 1.82) is 0 Å². The third-order valence-electron chi connectivity index (χ3n) is 5.55. The Morgan fingerprint density at radius 1 is 1.10 bits per heavy atom. The van der Waals surface area contributed by atoms with Crippen LogP contribution in [0.15, 0.2) is 54.7 Å². The van der Waals surface area contributed by atoms with Crippen molar-refractivity contribution in [2.24, 2.45) is 0 Å². The van der Waals surface area contributed by atoms with E-state index in [1.807, 2.05) is 24.4 Å². The van der Waals surface area contributed by atoms with E-state index >= 15 is 0 Å². The minimum atomic E-state index is -0.101. The normalized spacial score (nSPS) is 17.4. The SMILES string of the molecule is O=C(N[C@H]1CCCc2c1cnn2Cc1ccccc1)c1ccc2c(c1)OCCO2. The van der Waals surface area contributed by atoms with E-state index in [9.17, 15) is 4.79 Å². The second-order valence-electron chi connectivity index (χ2n) is 7.47. The molecule has 2 aromatic carbocycles. The van der Waals surface area contributed by atoms with E-state index in [0.717, 1.165) is 31.4 Å². The summed E-state index contributed by atoms with van der Waals surface area (Å²) >= 11 is 0. The largest absolute Gasteiger partial charge is 0.486 e. The molecule has 0 bridgehead atoms. The average Bonchev–Trinajstić information content (AvgIpc) is 3.18. The molecule has 0 spiro atoms. The standard InChI is InChI=1S/C23H23N3O3/c27-23(17-9-10-21-22(13-17)29-12-11-28-21)25-19-7-4-8-20-18(19)14-24-26(20)15-16-5-2-1-3-6-16/h1-3,5-6,9-10,13-14,19H,4,7-8,11-12,15H2,(H,25,27)/t19-/m0/s1. The molecule has 0 radical (unpaired) electrons. The summed E-state index contributed by atoms with van der Waals surface area (Å²) in [7, 11) is 0. The number of rotatable bonds is 4. The highest BCUT2D eigenvalue weighted by atomic mass is 16.6. The molecule has 0 unspecified atom stereocenters. The zero-order valence-electron chi connectivity index (χ0n) is 16.1. The van der Waals surface area contributed by atoms with Crippen molar-refractivity contribution in [3.8, 4) is 11.5 Å². The topological polar surface area (TPSA) is 65.4 Å². The van der Waals surface area contributed by atoms with Crippen LogP contribution in [0, 0.1) is 0 Å². The Morgan fingerprint density at radius 2 is 1.93 bits per heavy atom. The van der Waals surface area contributed by atoms with E-state index < -0.39 is 0 Å². The highest BCUT2D eigenvalue weighted by molar-refractivity contribution is 5.95. The molecular formula is C23H23N3O3. The third kappa shape index (κ3) is 3.58. The molecule has 2 aliphatic rings. The summed E-state index contributed by atoms with van der Waals surface area (Å²) in [5.74, 6) is 1.22. The first kappa shape index (κ1) is 17.8. The Balaban J connectivity index is 1.34. The van der Waals surface area contributed by atoms with E-state index in [0.29, 0.717) is 30.3 Å². The Labute approximate surface area is 169 Å². The Bertz CT molecular complexity index is 1030. The van der Waals surface area contributed by atoms with Crippen LogP contribution in [-0.2, 0) is 13.0 Å². The lowest BCUT2D eigenvalue weighted by Crippen LogP contribution is -2.31. The van der Waals surface area contributed by atoms with Crippen molar-refractivity contribution in [2.45, 2.75) is 31.8 Å². The molecule has 6 heteroatoms. The third-order valence-corrected chi connectivity index (χ3v) is 5.55. The molecule has 3 aromatic rings. The van der Waals surface area contributed by atoms with Crippen LogP contribution in [0.5, 0.6) is 11.5 Å². The van der Waals surface area contributed by atoms with Crippen LogP contribution in [0.2, 0.25) is 0 Å². The van der Waals surface area contributed by atoms with Crippen molar-refractivity contribution >= 4 is 5.91 Å². The van der Waals surface area contributed by atoms with Crippen molar-refractivity contribution < 1.29 is 14.3 Å². The van der Waals surface area contributed by atoms with Crippen molar-refractivity contribution in [3.63, 3.8) is 0 Å². The predicted molar refractivity (Wildman–Crippen MR) is 108 cm³/mol. The first-order chi connectivity index (χ1) is 14.3. The first-order valence-corrected chi connectivity index (χ1v) is 10.1. The number of aromatic nitrogens is 2. The molecule has 1 aromatic heterocycles. The summed E-state index contributed by atoms with van der Waals surface area (Å²) in [6.07, 6.45) is 4.84. The lowest BCUT2D eigenvalue weighted by molar-refractivity contribution is 0.0931. The maximum Gasteiger partial charge on any atom is 0.251 e. The van der Waals surface area contributed by atoms with Gasteiger partial charge in [-0.1, -0.05) is 30.3 Å². The van der Waals surface area contributed by atoms with Gasteiger partial charge in [-0.25, -0.2) is 0 Å². The maximum absolute atomic E-state index is 12.9. The van der Waals surface area contributed by atoms with Gasteiger partial charge >= 0.3 is 0 Å². The van der Waals surface area contributed by atoms with Gasteiger partial charge < -0.3 is 14.8 Å². The van der Waals surface area contributed by atoms with Crippen molar-refractivity contribution in [3.05, 3.63) is 77.1 Å². The number of nitrogens with zero attached hydrogens (tertiary/aromatic N) is 2. The van der Waals surface area contributed by atoms with Gasteiger partial charge in [0.15, 0.2) is 11.5 Å². The molecule has 0 saturated carbocycles. The van der Waals surface area contributed by atoms with E-state index in [-0.39, 0.29) is 11.9 Å². The highest BCUT2D eigenvalue weighted by Crippen LogP contribution is 2.32. The quantitative estimate of drug-likeness (QED) is 0.742. The van der Waals surface area contributed by atoms with Gasteiger partial charge in [0.25, 0.3) is 5.91 Å². The zero-order valence-corrected chi connectivity index (χ0v) is 16.1. The van der Waals surface area contributed by atoms with Crippen LogP contribution in [0.4, 0.5) is 0 Å². The average molecular weight is 389 g/mol. The van der Waals surface area contributed by atoms with Crippen LogP contribution in [0.25, 0.3) is 0 Å². The summed E-state index contributed by atoms with van der Waals surface area (Å²) in [5.41, 5.74) is 4.14. The maximum atomic E-state index is 12.9. The summed E-state index contributed by atoms with van der Waals surface area (Å²) in [4.78, 5) is 12.9. The van der Waals surface area contributed by atoms with E-state index in [1.165, 1.54) is 11.3 Å². The van der Waals surface area contributed by atoms with Gasteiger partial charge in [-0.2, -0.15) is 5.10 Å². The first-order valence-electron chi connectivity index (χ1n) is 10.1. The smallest absolute Gasteiger partial charge is 0.251 e. The lowest BCUT2D eigenvalue weighted by Gasteiger charge is -2.25. The van der Waals surface area contributed by atoms with Crippen LogP contribution in [-0.4, -0.2) is 28.9 Å². The lowest BCUT2D eigenvalue weighted by atomic mass is 9.92. The second kappa shape index (κ2) is 7.62. The van der Waals surface area contributed by atoms with Gasteiger partial charge in [0.1, 0.15) is 13.2 Å². The molecule has 1 atom stereocenters. The van der Waals surface area contributed by atoms with Gasteiger partial charge in [0, 0.05) is 16.8 Å². The second-order valence-corrected chi connectivity index (χ2v) is 7.47. The van der Waals surface area contributed by atoms with E-state index in [1.54, 1.807) is 18.2 Å².